The fourth-order valence-electron chi connectivity index (χ4n) is 1.22. The Morgan fingerprint density at radius 1 is 1.31 bits per heavy atom. The van der Waals surface area contributed by atoms with Crippen molar-refractivity contribution in [1.82, 2.24) is 9.97 Å². The average Bonchev–Trinajstić information content (AvgIpc) is 2.76. The molecule has 0 saturated heterocycles. The maximum atomic E-state index is 4.42. The maximum Gasteiger partial charge on any atom is 0.145 e. The van der Waals surface area contributed by atoms with Crippen molar-refractivity contribution < 1.29 is 0 Å². The molecule has 0 unspecified atom stereocenters. The van der Waals surface area contributed by atoms with Gasteiger partial charge < -0.3 is 5.32 Å². The van der Waals surface area contributed by atoms with Gasteiger partial charge >= 0.3 is 0 Å². The topological polar surface area (TPSA) is 37.8 Å². The number of aromatic nitrogens is 2. The first kappa shape index (κ1) is 8.48. The molecule has 2 rings (SSSR count). The lowest BCUT2D eigenvalue weighted by Crippen LogP contribution is -2.17. The third-order valence-electron chi connectivity index (χ3n) is 2.62. The summed E-state index contributed by atoms with van der Waals surface area (Å²) in [5.74, 6) is 0.906. The van der Waals surface area contributed by atoms with Gasteiger partial charge in [0, 0.05) is 5.54 Å². The molecule has 0 atom stereocenters. The van der Waals surface area contributed by atoms with E-state index < -0.39 is 0 Å². The molecule has 13 heavy (non-hydrogen) atoms. The summed E-state index contributed by atoms with van der Waals surface area (Å²) in [6, 6.07) is 0. The number of nitrogens with zero attached hydrogens (tertiary/aromatic N) is 2. The van der Waals surface area contributed by atoms with Crippen molar-refractivity contribution in [3.8, 4) is 0 Å². The lowest BCUT2D eigenvalue weighted by molar-refractivity contribution is 0.815. The van der Waals surface area contributed by atoms with Crippen LogP contribution in [0.3, 0.4) is 0 Å². The smallest absolute Gasteiger partial charge is 0.145 e. The number of hydrogen-bond acceptors (Lipinski definition) is 3. The molecule has 1 N–H and O–H groups in total. The van der Waals surface area contributed by atoms with E-state index in [1.165, 1.54) is 12.8 Å². The van der Waals surface area contributed by atoms with Crippen molar-refractivity contribution in [2.75, 3.05) is 5.32 Å². The molecule has 1 aliphatic rings. The Labute approximate surface area is 78.6 Å². The molecular weight excluding hydrogens is 162 g/mol. The van der Waals surface area contributed by atoms with Crippen LogP contribution in [0.4, 0.5) is 5.82 Å². The van der Waals surface area contributed by atoms with E-state index in [0.717, 1.165) is 17.2 Å². The maximum absolute atomic E-state index is 4.42. The van der Waals surface area contributed by atoms with Crippen molar-refractivity contribution in [2.45, 2.75) is 39.2 Å². The van der Waals surface area contributed by atoms with Gasteiger partial charge in [-0.05, 0) is 33.6 Å². The van der Waals surface area contributed by atoms with E-state index in [1.807, 2.05) is 20.0 Å². The van der Waals surface area contributed by atoms with Gasteiger partial charge in [-0.3, -0.25) is 4.98 Å². The average molecular weight is 177 g/mol. The summed E-state index contributed by atoms with van der Waals surface area (Å²) in [6.07, 6.45) is 4.29. The Morgan fingerprint density at radius 2 is 2.00 bits per heavy atom. The lowest BCUT2D eigenvalue weighted by Gasteiger charge is -2.12. The normalized spacial score (nSPS) is 18.4. The Kier molecular flexibility index (Phi) is 1.75. The zero-order valence-electron chi connectivity index (χ0n) is 8.39. The molecule has 1 aromatic heterocycles. The van der Waals surface area contributed by atoms with Crippen molar-refractivity contribution in [1.29, 1.82) is 0 Å². The molecule has 3 heteroatoms. The van der Waals surface area contributed by atoms with Crippen molar-refractivity contribution in [3.63, 3.8) is 0 Å². The quantitative estimate of drug-likeness (QED) is 0.751. The second-order valence-electron chi connectivity index (χ2n) is 4.11. The van der Waals surface area contributed by atoms with Gasteiger partial charge in [0.25, 0.3) is 0 Å². The lowest BCUT2D eigenvalue weighted by atomic mass is 10.3. The van der Waals surface area contributed by atoms with Crippen LogP contribution in [-0.2, 0) is 0 Å². The SMILES string of the molecule is Cc1ncc(NC2(C)CC2)nc1C. The molecular formula is C10H15N3. The zero-order valence-corrected chi connectivity index (χ0v) is 8.39. The van der Waals surface area contributed by atoms with Gasteiger partial charge in [-0.2, -0.15) is 0 Å². The van der Waals surface area contributed by atoms with Crippen LogP contribution in [0.5, 0.6) is 0 Å². The summed E-state index contributed by atoms with van der Waals surface area (Å²) in [5, 5.41) is 3.39. The number of aryl methyl sites for hydroxylation is 2. The standard InChI is InChI=1S/C10H15N3/c1-7-8(2)12-9(6-11-7)13-10(3)4-5-10/h6H,4-5H2,1-3H3,(H,12,13). The van der Waals surface area contributed by atoms with E-state index in [-0.39, 0.29) is 5.54 Å². The van der Waals surface area contributed by atoms with Gasteiger partial charge in [0.15, 0.2) is 0 Å². The number of anilines is 1. The van der Waals surface area contributed by atoms with Gasteiger partial charge in [0.2, 0.25) is 0 Å². The van der Waals surface area contributed by atoms with Crippen LogP contribution in [0.15, 0.2) is 6.20 Å². The molecule has 1 saturated carbocycles. The fraction of sp³-hybridized carbons (Fsp3) is 0.600. The molecule has 0 amide bonds. The molecule has 0 bridgehead atoms. The monoisotopic (exact) mass is 177 g/mol. The van der Waals surface area contributed by atoms with Crippen molar-refractivity contribution in [2.24, 2.45) is 0 Å². The summed E-state index contributed by atoms with van der Waals surface area (Å²) < 4.78 is 0. The van der Waals surface area contributed by atoms with Crippen LogP contribution < -0.4 is 5.32 Å². The van der Waals surface area contributed by atoms with E-state index in [2.05, 4.69) is 22.2 Å². The van der Waals surface area contributed by atoms with Gasteiger partial charge in [0.05, 0.1) is 17.6 Å². The van der Waals surface area contributed by atoms with Crippen LogP contribution in [0.25, 0.3) is 0 Å². The van der Waals surface area contributed by atoms with E-state index in [9.17, 15) is 0 Å². The Hall–Kier alpha value is -1.12. The first-order valence-electron chi connectivity index (χ1n) is 4.67. The first-order valence-corrected chi connectivity index (χ1v) is 4.67. The van der Waals surface area contributed by atoms with E-state index in [4.69, 9.17) is 0 Å². The van der Waals surface area contributed by atoms with Gasteiger partial charge in [-0.1, -0.05) is 0 Å². The minimum atomic E-state index is 0.288. The second-order valence-corrected chi connectivity index (χ2v) is 4.11. The molecule has 0 aliphatic heterocycles. The Morgan fingerprint density at radius 3 is 2.54 bits per heavy atom. The van der Waals surface area contributed by atoms with Gasteiger partial charge in [-0.15, -0.1) is 0 Å². The van der Waals surface area contributed by atoms with Crippen LogP contribution in [0, 0.1) is 13.8 Å². The Bertz CT molecular complexity index is 329. The van der Waals surface area contributed by atoms with Crippen LogP contribution in [-0.4, -0.2) is 15.5 Å². The summed E-state index contributed by atoms with van der Waals surface area (Å²) in [6.45, 7) is 6.18. The summed E-state index contributed by atoms with van der Waals surface area (Å²) in [7, 11) is 0. The van der Waals surface area contributed by atoms with Crippen molar-refractivity contribution in [3.05, 3.63) is 17.6 Å². The minimum absolute atomic E-state index is 0.288. The molecule has 0 radical (unpaired) electrons. The molecule has 3 nitrogen and oxygen atoms in total. The fourth-order valence-corrected chi connectivity index (χ4v) is 1.22. The third-order valence-corrected chi connectivity index (χ3v) is 2.62. The highest BCUT2D eigenvalue weighted by Crippen LogP contribution is 2.37. The summed E-state index contributed by atoms with van der Waals surface area (Å²) in [4.78, 5) is 8.69. The number of rotatable bonds is 2. The zero-order chi connectivity index (χ0) is 9.47. The predicted octanol–water partition coefficient (Wildman–Crippen LogP) is 2.06. The van der Waals surface area contributed by atoms with Crippen LogP contribution in [0.1, 0.15) is 31.2 Å². The van der Waals surface area contributed by atoms with Crippen LogP contribution in [0.2, 0.25) is 0 Å². The molecule has 1 fully saturated rings. The molecule has 1 heterocycles. The largest absolute Gasteiger partial charge is 0.364 e. The minimum Gasteiger partial charge on any atom is -0.364 e. The van der Waals surface area contributed by atoms with E-state index in [1.54, 1.807) is 0 Å². The highest BCUT2D eigenvalue weighted by Gasteiger charge is 2.37. The molecule has 0 spiro atoms. The van der Waals surface area contributed by atoms with E-state index in [0.29, 0.717) is 0 Å². The highest BCUT2D eigenvalue weighted by molar-refractivity contribution is 5.38. The molecule has 0 aromatic carbocycles. The Balaban J connectivity index is 2.17. The molecule has 1 aromatic rings. The van der Waals surface area contributed by atoms with E-state index >= 15 is 0 Å². The second kappa shape index (κ2) is 2.69. The summed E-state index contributed by atoms with van der Waals surface area (Å²) >= 11 is 0. The molecule has 70 valence electrons. The summed E-state index contributed by atoms with van der Waals surface area (Å²) in [5.41, 5.74) is 2.30. The van der Waals surface area contributed by atoms with Gasteiger partial charge in [-0.25, -0.2) is 4.98 Å². The van der Waals surface area contributed by atoms with Gasteiger partial charge in [0.1, 0.15) is 5.82 Å². The van der Waals surface area contributed by atoms with Crippen molar-refractivity contribution >= 4 is 5.82 Å². The third kappa shape index (κ3) is 1.79. The highest BCUT2D eigenvalue weighted by atomic mass is 15.1. The first-order chi connectivity index (χ1) is 6.09. The number of hydrogen-bond donors (Lipinski definition) is 1. The van der Waals surface area contributed by atoms with Crippen LogP contribution >= 0.6 is 0 Å². The number of nitrogens with one attached hydrogen (secondary N) is 1. The predicted molar refractivity (Wildman–Crippen MR) is 52.8 cm³/mol. The molecule has 1 aliphatic carbocycles.